The van der Waals surface area contributed by atoms with Crippen molar-refractivity contribution in [1.29, 1.82) is 0 Å². The fraction of sp³-hybridized carbons (Fsp3) is 0.273. The highest BCUT2D eigenvalue weighted by Crippen LogP contribution is 2.31. The number of ketones is 2. The van der Waals surface area contributed by atoms with Gasteiger partial charge in [-0.2, -0.15) is 0 Å². The van der Waals surface area contributed by atoms with Crippen molar-refractivity contribution in [3.05, 3.63) is 34.9 Å². The number of Topliss-reactive ketones (excluding diaryl/α,β-unsaturated/α-hetero) is 2. The first kappa shape index (κ1) is 21.3. The summed E-state index contributed by atoms with van der Waals surface area (Å²) in [6.45, 7) is 1.39. The van der Waals surface area contributed by atoms with Gasteiger partial charge in [-0.05, 0) is 12.5 Å². The first-order valence-electron chi connectivity index (χ1n) is 5.53. The lowest BCUT2D eigenvalue weighted by atomic mass is 9.86. The van der Waals surface area contributed by atoms with Crippen LogP contribution in [-0.4, -0.2) is 48.0 Å². The lowest BCUT2D eigenvalue weighted by Gasteiger charge is -2.33. The molecule has 0 spiro atoms. The van der Waals surface area contributed by atoms with E-state index in [1.54, 1.807) is 0 Å². The number of aryl methyl sites for hydroxylation is 1. The standard InChI is InChI=1S/C11H10O8S2.2H3N/c1-5-3-2-4-6-7(5)9(13)11(21(17,18)19)10(8(6)12)20(14,15)16;;/h2-4,10-11H,1H3,(H,14,15,16)(H,17,18,19);2*1H3. The summed E-state index contributed by atoms with van der Waals surface area (Å²) in [6, 6.07) is 3.85. The number of rotatable bonds is 2. The molecule has 0 fully saturated rings. The Bertz CT molecular complexity index is 860. The zero-order chi connectivity index (χ0) is 16.2. The fourth-order valence-corrected chi connectivity index (χ4v) is 4.77. The lowest BCUT2D eigenvalue weighted by molar-refractivity contribution is 0.0890. The summed E-state index contributed by atoms with van der Waals surface area (Å²) >= 11 is 0. The van der Waals surface area contributed by atoms with Gasteiger partial charge in [0.05, 0.1) is 0 Å². The Balaban J connectivity index is 0.00000242. The molecule has 2 atom stereocenters. The van der Waals surface area contributed by atoms with Crippen molar-refractivity contribution in [3.8, 4) is 0 Å². The Morgan fingerprint density at radius 1 is 0.870 bits per heavy atom. The van der Waals surface area contributed by atoms with Crippen molar-refractivity contribution in [1.82, 2.24) is 12.3 Å². The van der Waals surface area contributed by atoms with Crippen molar-refractivity contribution in [2.45, 2.75) is 17.4 Å². The Morgan fingerprint density at radius 2 is 1.30 bits per heavy atom. The minimum absolute atomic E-state index is 0. The molecule has 130 valence electrons. The third-order valence-corrected chi connectivity index (χ3v) is 5.59. The maximum atomic E-state index is 12.2. The van der Waals surface area contributed by atoms with E-state index in [9.17, 15) is 35.5 Å². The zero-order valence-electron chi connectivity index (χ0n) is 12.5. The predicted molar refractivity (Wildman–Crippen MR) is 78.8 cm³/mol. The van der Waals surface area contributed by atoms with Crippen LogP contribution in [0.2, 0.25) is 0 Å². The number of fused-ring (bicyclic) bond motifs is 1. The van der Waals surface area contributed by atoms with E-state index < -0.39 is 42.3 Å². The van der Waals surface area contributed by atoms with E-state index in [0.29, 0.717) is 0 Å². The molecule has 0 saturated carbocycles. The number of quaternary nitrogens is 2. The van der Waals surface area contributed by atoms with Crippen molar-refractivity contribution < 1.29 is 35.5 Å². The van der Waals surface area contributed by atoms with E-state index in [1.165, 1.54) is 19.1 Å². The summed E-state index contributed by atoms with van der Waals surface area (Å²) in [7, 11) is -11.0. The molecular formula is C11H16N2O8S2. The van der Waals surface area contributed by atoms with Crippen molar-refractivity contribution >= 4 is 31.8 Å². The number of hydrogen-bond donors (Lipinski definition) is 2. The molecule has 10 nitrogen and oxygen atoms in total. The highest BCUT2D eigenvalue weighted by atomic mass is 32.2. The van der Waals surface area contributed by atoms with E-state index in [-0.39, 0.29) is 29.0 Å². The van der Waals surface area contributed by atoms with E-state index in [0.717, 1.165) is 6.07 Å². The lowest BCUT2D eigenvalue weighted by Crippen LogP contribution is -2.53. The number of benzene rings is 1. The molecule has 2 rings (SSSR count). The SMILES string of the molecule is Cc1cccc2c1C(=O)C(S(=O)(=O)[O-])C(S(=O)(=O)[O-])C2=O.[NH4+].[NH4+]. The molecule has 23 heavy (non-hydrogen) atoms. The van der Waals surface area contributed by atoms with Crippen LogP contribution in [0.25, 0.3) is 0 Å². The normalized spacial score (nSPS) is 21.0. The minimum atomic E-state index is -5.50. The summed E-state index contributed by atoms with van der Waals surface area (Å²) in [6.07, 6.45) is 0. The van der Waals surface area contributed by atoms with Crippen molar-refractivity contribution in [2.24, 2.45) is 0 Å². The molecule has 2 unspecified atom stereocenters. The van der Waals surface area contributed by atoms with Gasteiger partial charge in [0.1, 0.15) is 30.7 Å². The maximum absolute atomic E-state index is 12.2. The first-order valence-corrected chi connectivity index (χ1v) is 8.48. The molecule has 1 aromatic rings. The van der Waals surface area contributed by atoms with Gasteiger partial charge in [0.2, 0.25) is 0 Å². The van der Waals surface area contributed by atoms with Gasteiger partial charge in [0.25, 0.3) is 0 Å². The molecule has 0 aromatic heterocycles. The van der Waals surface area contributed by atoms with E-state index >= 15 is 0 Å². The summed E-state index contributed by atoms with van der Waals surface area (Å²) in [4.78, 5) is 24.2. The van der Waals surface area contributed by atoms with Gasteiger partial charge in [-0.15, -0.1) is 0 Å². The average Bonchev–Trinajstić information content (AvgIpc) is 2.30. The molecule has 12 heteroatoms. The van der Waals surface area contributed by atoms with Gasteiger partial charge >= 0.3 is 0 Å². The Morgan fingerprint density at radius 3 is 1.74 bits per heavy atom. The van der Waals surface area contributed by atoms with E-state index in [4.69, 9.17) is 0 Å². The largest absolute Gasteiger partial charge is 0.747 e. The molecule has 0 bridgehead atoms. The van der Waals surface area contributed by atoms with Crippen LogP contribution in [0.5, 0.6) is 0 Å². The van der Waals surface area contributed by atoms with Crippen LogP contribution in [0, 0.1) is 6.92 Å². The van der Waals surface area contributed by atoms with Crippen molar-refractivity contribution in [2.75, 3.05) is 0 Å². The van der Waals surface area contributed by atoms with Gasteiger partial charge in [0, 0.05) is 11.1 Å². The van der Waals surface area contributed by atoms with Crippen LogP contribution in [-0.2, 0) is 20.2 Å². The zero-order valence-corrected chi connectivity index (χ0v) is 14.1. The molecule has 1 aliphatic rings. The second-order valence-corrected chi connectivity index (χ2v) is 7.54. The molecule has 0 aliphatic heterocycles. The second kappa shape index (κ2) is 6.43. The molecule has 1 aromatic carbocycles. The highest BCUT2D eigenvalue weighted by Gasteiger charge is 2.49. The third kappa shape index (κ3) is 3.46. The number of carbonyl (C=O) groups is 2. The van der Waals surface area contributed by atoms with Crippen LogP contribution < -0.4 is 12.3 Å². The molecule has 1 aliphatic carbocycles. The molecule has 0 saturated heterocycles. The Labute approximate surface area is 132 Å². The molecule has 0 amide bonds. The summed E-state index contributed by atoms with van der Waals surface area (Å²) in [5.41, 5.74) is -0.502. The van der Waals surface area contributed by atoms with Gasteiger partial charge < -0.3 is 21.4 Å². The second-order valence-electron chi connectivity index (χ2n) is 4.55. The third-order valence-electron chi connectivity index (χ3n) is 3.20. The monoisotopic (exact) mass is 368 g/mol. The van der Waals surface area contributed by atoms with Gasteiger partial charge in [-0.25, -0.2) is 16.8 Å². The van der Waals surface area contributed by atoms with E-state index in [1.807, 2.05) is 0 Å². The quantitative estimate of drug-likeness (QED) is 0.671. The topological polar surface area (TPSA) is 222 Å². The smallest absolute Gasteiger partial charge is 0.182 e. The average molecular weight is 368 g/mol. The first-order chi connectivity index (χ1) is 9.46. The minimum Gasteiger partial charge on any atom is -0.747 e. The van der Waals surface area contributed by atoms with Gasteiger partial charge in [-0.1, -0.05) is 18.2 Å². The number of hydrogen-bond acceptors (Lipinski definition) is 8. The molecule has 0 radical (unpaired) electrons. The van der Waals surface area contributed by atoms with Crippen LogP contribution in [0.3, 0.4) is 0 Å². The summed E-state index contributed by atoms with van der Waals surface area (Å²) < 4.78 is 67.1. The van der Waals surface area contributed by atoms with Crippen LogP contribution in [0.15, 0.2) is 18.2 Å². The van der Waals surface area contributed by atoms with Crippen LogP contribution in [0.1, 0.15) is 26.3 Å². The Hall–Kier alpha value is -1.70. The summed E-state index contributed by atoms with van der Waals surface area (Å²) in [5.74, 6) is -2.70. The van der Waals surface area contributed by atoms with Gasteiger partial charge in [-0.3, -0.25) is 9.59 Å². The number of carbonyl (C=O) groups excluding carboxylic acids is 2. The Kier molecular flexibility index (Phi) is 5.95. The molecule has 8 N–H and O–H groups in total. The van der Waals surface area contributed by atoms with Gasteiger partial charge in [0.15, 0.2) is 11.6 Å². The fourth-order valence-electron chi connectivity index (χ4n) is 2.34. The molecular weight excluding hydrogens is 352 g/mol. The van der Waals surface area contributed by atoms with Crippen molar-refractivity contribution in [3.63, 3.8) is 0 Å². The molecule has 0 heterocycles. The predicted octanol–water partition coefficient (Wildman–Crippen LogP) is -0.0460. The summed E-state index contributed by atoms with van der Waals surface area (Å²) in [5, 5.41) is -5.50. The van der Waals surface area contributed by atoms with Crippen LogP contribution in [0.4, 0.5) is 0 Å². The maximum Gasteiger partial charge on any atom is 0.182 e. The highest BCUT2D eigenvalue weighted by molar-refractivity contribution is 7.91. The van der Waals surface area contributed by atoms with Crippen LogP contribution >= 0.6 is 0 Å². The van der Waals surface area contributed by atoms with E-state index in [2.05, 4.69) is 0 Å².